The highest BCUT2D eigenvalue weighted by molar-refractivity contribution is 7.17. The molecule has 108 valence electrons. The Morgan fingerprint density at radius 1 is 1.25 bits per heavy atom. The van der Waals surface area contributed by atoms with Gasteiger partial charge in [0.1, 0.15) is 0 Å². The topological polar surface area (TPSA) is 38.0 Å². The molecule has 2 aromatic rings. The van der Waals surface area contributed by atoms with Gasteiger partial charge in [-0.3, -0.25) is 11.3 Å². The molecule has 1 aliphatic rings. The molecular formula is C17H24N2S. The highest BCUT2D eigenvalue weighted by atomic mass is 32.1. The van der Waals surface area contributed by atoms with Crippen LogP contribution >= 0.6 is 11.3 Å². The van der Waals surface area contributed by atoms with E-state index in [-0.39, 0.29) is 0 Å². The van der Waals surface area contributed by atoms with Gasteiger partial charge in [0.05, 0.1) is 6.04 Å². The molecule has 1 fully saturated rings. The van der Waals surface area contributed by atoms with E-state index in [0.29, 0.717) is 12.0 Å². The van der Waals surface area contributed by atoms with Crippen molar-refractivity contribution in [3.05, 3.63) is 35.2 Å². The van der Waals surface area contributed by atoms with E-state index in [2.05, 4.69) is 42.0 Å². The Labute approximate surface area is 125 Å². The molecule has 0 saturated heterocycles. The van der Waals surface area contributed by atoms with Crippen LogP contribution < -0.4 is 11.3 Å². The molecule has 1 aliphatic carbocycles. The molecule has 0 amide bonds. The monoisotopic (exact) mass is 288 g/mol. The quantitative estimate of drug-likeness (QED) is 0.636. The first-order valence-corrected chi connectivity index (χ1v) is 8.63. The molecule has 20 heavy (non-hydrogen) atoms. The maximum atomic E-state index is 5.92. The van der Waals surface area contributed by atoms with Gasteiger partial charge in [-0.25, -0.2) is 0 Å². The minimum absolute atomic E-state index is 0.301. The number of rotatable bonds is 4. The van der Waals surface area contributed by atoms with Crippen LogP contribution in [0.5, 0.6) is 0 Å². The Hall–Kier alpha value is -0.900. The van der Waals surface area contributed by atoms with Crippen LogP contribution in [0.2, 0.25) is 0 Å². The fraction of sp³-hybridized carbons (Fsp3) is 0.529. The molecule has 0 bridgehead atoms. The van der Waals surface area contributed by atoms with E-state index in [4.69, 9.17) is 5.84 Å². The second-order valence-corrected chi connectivity index (χ2v) is 6.94. The Morgan fingerprint density at radius 3 is 2.75 bits per heavy atom. The summed E-state index contributed by atoms with van der Waals surface area (Å²) in [6.45, 7) is 2.32. The van der Waals surface area contributed by atoms with Gasteiger partial charge in [0.15, 0.2) is 0 Å². The lowest BCUT2D eigenvalue weighted by molar-refractivity contribution is 0.220. The Bertz CT molecular complexity index is 555. The van der Waals surface area contributed by atoms with E-state index in [0.717, 1.165) is 5.92 Å². The molecule has 1 saturated carbocycles. The summed E-state index contributed by atoms with van der Waals surface area (Å²) in [4.78, 5) is 0. The predicted octanol–water partition coefficient (Wildman–Crippen LogP) is 4.62. The number of thiophene rings is 1. The maximum absolute atomic E-state index is 5.92. The Kier molecular flexibility index (Phi) is 4.39. The zero-order chi connectivity index (χ0) is 13.9. The van der Waals surface area contributed by atoms with Gasteiger partial charge in [0, 0.05) is 4.70 Å². The number of nitrogens with one attached hydrogen (secondary N) is 1. The summed E-state index contributed by atoms with van der Waals surface area (Å²) in [5, 5.41) is 3.52. The van der Waals surface area contributed by atoms with Crippen LogP contribution in [0.4, 0.5) is 0 Å². The summed E-state index contributed by atoms with van der Waals surface area (Å²) >= 11 is 1.83. The fourth-order valence-electron chi connectivity index (χ4n) is 3.67. The van der Waals surface area contributed by atoms with Crippen LogP contribution in [0, 0.1) is 11.8 Å². The third kappa shape index (κ3) is 2.62. The highest BCUT2D eigenvalue weighted by Crippen LogP contribution is 2.40. The Morgan fingerprint density at radius 2 is 2.05 bits per heavy atom. The number of fused-ring (bicyclic) bond motifs is 1. The van der Waals surface area contributed by atoms with E-state index >= 15 is 0 Å². The van der Waals surface area contributed by atoms with Crippen molar-refractivity contribution in [2.45, 2.75) is 45.1 Å². The van der Waals surface area contributed by atoms with Crippen LogP contribution in [0.15, 0.2) is 29.6 Å². The first-order valence-electron chi connectivity index (χ1n) is 7.75. The normalized spacial score (nSPS) is 24.9. The number of nitrogens with two attached hydrogens (primary N) is 1. The van der Waals surface area contributed by atoms with Crippen LogP contribution in [0.3, 0.4) is 0 Å². The molecule has 0 radical (unpaired) electrons. The van der Waals surface area contributed by atoms with E-state index in [9.17, 15) is 0 Å². The summed E-state index contributed by atoms with van der Waals surface area (Å²) in [5.74, 6) is 7.53. The molecule has 1 aromatic heterocycles. The van der Waals surface area contributed by atoms with Gasteiger partial charge in [-0.15, -0.1) is 11.3 Å². The zero-order valence-corrected chi connectivity index (χ0v) is 13.0. The molecule has 1 heterocycles. The van der Waals surface area contributed by atoms with Crippen LogP contribution in [-0.2, 0) is 0 Å². The number of hydrogen-bond acceptors (Lipinski definition) is 3. The van der Waals surface area contributed by atoms with Gasteiger partial charge in [-0.1, -0.05) is 44.4 Å². The second-order valence-electron chi connectivity index (χ2n) is 6.02. The largest absolute Gasteiger partial charge is 0.271 e. The van der Waals surface area contributed by atoms with Crippen LogP contribution in [0.1, 0.15) is 50.6 Å². The molecule has 2 nitrogen and oxygen atoms in total. The van der Waals surface area contributed by atoms with Crippen molar-refractivity contribution in [3.8, 4) is 0 Å². The van der Waals surface area contributed by atoms with E-state index < -0.39 is 0 Å². The maximum Gasteiger partial charge on any atom is 0.0502 e. The third-order valence-corrected chi connectivity index (χ3v) is 5.94. The van der Waals surface area contributed by atoms with Crippen LogP contribution in [-0.4, -0.2) is 0 Å². The summed E-state index contributed by atoms with van der Waals surface area (Å²) < 4.78 is 1.40. The lowest BCUT2D eigenvalue weighted by atomic mass is 9.76. The minimum Gasteiger partial charge on any atom is -0.271 e. The van der Waals surface area contributed by atoms with E-state index in [1.807, 2.05) is 11.3 Å². The van der Waals surface area contributed by atoms with Crippen molar-refractivity contribution in [3.63, 3.8) is 0 Å². The lowest BCUT2D eigenvalue weighted by Gasteiger charge is -2.33. The SMILES string of the molecule is CCC1CCC(C(NN)c2cccc3ccsc23)CC1. The van der Waals surface area contributed by atoms with Gasteiger partial charge < -0.3 is 0 Å². The number of hydrazine groups is 1. The van der Waals surface area contributed by atoms with Crippen molar-refractivity contribution in [2.75, 3.05) is 0 Å². The first kappa shape index (κ1) is 14.1. The average molecular weight is 288 g/mol. The lowest BCUT2D eigenvalue weighted by Crippen LogP contribution is -2.35. The number of hydrogen-bond donors (Lipinski definition) is 2. The second kappa shape index (κ2) is 6.25. The summed E-state index contributed by atoms with van der Waals surface area (Å²) in [5.41, 5.74) is 4.50. The summed E-state index contributed by atoms with van der Waals surface area (Å²) in [6, 6.07) is 9.10. The molecule has 0 aliphatic heterocycles. The van der Waals surface area contributed by atoms with E-state index in [1.165, 1.54) is 47.8 Å². The van der Waals surface area contributed by atoms with Gasteiger partial charge in [-0.2, -0.15) is 0 Å². The molecule has 1 unspecified atom stereocenters. The van der Waals surface area contributed by atoms with Crippen LogP contribution in [0.25, 0.3) is 10.1 Å². The predicted molar refractivity (Wildman–Crippen MR) is 87.6 cm³/mol. The van der Waals surface area contributed by atoms with Gasteiger partial charge >= 0.3 is 0 Å². The smallest absolute Gasteiger partial charge is 0.0502 e. The van der Waals surface area contributed by atoms with Crippen molar-refractivity contribution >= 4 is 21.4 Å². The van der Waals surface area contributed by atoms with E-state index in [1.54, 1.807) is 0 Å². The summed E-state index contributed by atoms with van der Waals surface area (Å²) in [7, 11) is 0. The van der Waals surface area contributed by atoms with Crippen molar-refractivity contribution in [1.82, 2.24) is 5.43 Å². The van der Waals surface area contributed by atoms with Crippen molar-refractivity contribution < 1.29 is 0 Å². The fourth-order valence-corrected chi connectivity index (χ4v) is 4.62. The number of benzene rings is 1. The highest BCUT2D eigenvalue weighted by Gasteiger charge is 2.28. The van der Waals surface area contributed by atoms with Gasteiger partial charge in [-0.05, 0) is 47.1 Å². The Balaban J connectivity index is 1.85. The van der Waals surface area contributed by atoms with Gasteiger partial charge in [0.2, 0.25) is 0 Å². The molecular weight excluding hydrogens is 264 g/mol. The standard InChI is InChI=1S/C17H24N2S/c1-2-12-6-8-13(9-7-12)16(19-18)15-5-3-4-14-10-11-20-17(14)15/h3-5,10-13,16,19H,2,6-9,18H2,1H3. The van der Waals surface area contributed by atoms with Gasteiger partial charge in [0.25, 0.3) is 0 Å². The molecule has 3 N–H and O–H groups in total. The molecule has 3 heteroatoms. The molecule has 3 rings (SSSR count). The third-order valence-electron chi connectivity index (χ3n) is 4.96. The molecule has 0 spiro atoms. The summed E-state index contributed by atoms with van der Waals surface area (Å²) in [6.07, 6.45) is 6.65. The molecule has 1 aromatic carbocycles. The first-order chi connectivity index (χ1) is 9.83. The average Bonchev–Trinajstić information content (AvgIpc) is 2.98. The minimum atomic E-state index is 0.301. The van der Waals surface area contributed by atoms with Crippen molar-refractivity contribution in [2.24, 2.45) is 17.7 Å². The zero-order valence-electron chi connectivity index (χ0n) is 12.1. The molecule has 1 atom stereocenters. The van der Waals surface area contributed by atoms with Crippen molar-refractivity contribution in [1.29, 1.82) is 0 Å².